The molecule has 0 aliphatic rings. The summed E-state index contributed by atoms with van der Waals surface area (Å²) >= 11 is 3.14. The summed E-state index contributed by atoms with van der Waals surface area (Å²) in [5.41, 5.74) is 1.19. The molecule has 0 fully saturated rings. The maximum atomic E-state index is 10.7. The lowest BCUT2D eigenvalue weighted by Crippen LogP contribution is -2.01. The van der Waals surface area contributed by atoms with E-state index in [2.05, 4.69) is 23.8 Å². The molecular weight excluding hydrogens is 356 g/mol. The number of aliphatic hydroxyl groups is 1. The second-order valence-electron chi connectivity index (χ2n) is 5.62. The van der Waals surface area contributed by atoms with Crippen molar-refractivity contribution >= 4 is 29.5 Å². The molecule has 0 spiro atoms. The minimum absolute atomic E-state index is 0.0723. The minimum atomic E-state index is -0.920. The third-order valence-electron chi connectivity index (χ3n) is 2.72. The van der Waals surface area contributed by atoms with Crippen LogP contribution < -0.4 is 0 Å². The van der Waals surface area contributed by atoms with Crippen LogP contribution in [0.4, 0.5) is 0 Å². The minimum Gasteiger partial charge on any atom is -0.478 e. The van der Waals surface area contributed by atoms with Crippen LogP contribution >= 0.6 is 23.5 Å². The number of pyridine rings is 2. The molecule has 0 amide bonds. The van der Waals surface area contributed by atoms with Crippen molar-refractivity contribution in [3.8, 4) is 0 Å². The SMILES string of the molecule is CC(C)Sc1ncccc1C(=O)O.CC(C)Sc1ncccc1CO. The van der Waals surface area contributed by atoms with Crippen LogP contribution in [0.15, 0.2) is 46.7 Å². The number of carboxylic acids is 1. The van der Waals surface area contributed by atoms with Crippen LogP contribution in [-0.4, -0.2) is 36.7 Å². The normalized spacial score (nSPS) is 10.5. The van der Waals surface area contributed by atoms with Gasteiger partial charge in [0.2, 0.25) is 0 Å². The van der Waals surface area contributed by atoms with Gasteiger partial charge in [0.1, 0.15) is 10.1 Å². The Morgan fingerprint density at radius 1 is 1.00 bits per heavy atom. The molecule has 2 rings (SSSR count). The highest BCUT2D eigenvalue weighted by molar-refractivity contribution is 8.00. The molecule has 0 saturated heterocycles. The number of carbonyl (C=O) groups is 1. The van der Waals surface area contributed by atoms with E-state index in [0.717, 1.165) is 10.6 Å². The van der Waals surface area contributed by atoms with E-state index < -0.39 is 5.97 Å². The van der Waals surface area contributed by atoms with E-state index >= 15 is 0 Å². The summed E-state index contributed by atoms with van der Waals surface area (Å²) in [6, 6.07) is 6.95. The number of hydrogen-bond donors (Lipinski definition) is 2. The average Bonchev–Trinajstić information content (AvgIpc) is 2.55. The number of nitrogens with zero attached hydrogens (tertiary/aromatic N) is 2. The largest absolute Gasteiger partial charge is 0.478 e. The van der Waals surface area contributed by atoms with Gasteiger partial charge in [0.15, 0.2) is 0 Å². The van der Waals surface area contributed by atoms with Crippen LogP contribution in [0, 0.1) is 0 Å². The average molecular weight is 381 g/mol. The molecule has 2 heterocycles. The van der Waals surface area contributed by atoms with E-state index in [1.165, 1.54) is 11.8 Å². The Hall–Kier alpha value is -1.57. The first kappa shape index (κ1) is 21.5. The Morgan fingerprint density at radius 3 is 2.04 bits per heavy atom. The lowest BCUT2D eigenvalue weighted by atomic mass is 10.3. The van der Waals surface area contributed by atoms with Crippen molar-refractivity contribution in [3.63, 3.8) is 0 Å². The third-order valence-corrected chi connectivity index (χ3v) is 4.80. The Bertz CT molecular complexity index is 679. The highest BCUT2D eigenvalue weighted by Crippen LogP contribution is 2.24. The van der Waals surface area contributed by atoms with Crippen LogP contribution in [-0.2, 0) is 6.61 Å². The van der Waals surface area contributed by atoms with E-state index in [9.17, 15) is 4.79 Å². The van der Waals surface area contributed by atoms with Gasteiger partial charge < -0.3 is 10.2 Å². The van der Waals surface area contributed by atoms with Crippen LogP contribution in [0.25, 0.3) is 0 Å². The maximum Gasteiger partial charge on any atom is 0.338 e. The highest BCUT2D eigenvalue weighted by Gasteiger charge is 2.11. The molecule has 5 nitrogen and oxygen atoms in total. The molecule has 0 bridgehead atoms. The molecule has 0 atom stereocenters. The number of aromatic nitrogens is 2. The molecule has 0 unspecified atom stereocenters. The Balaban J connectivity index is 0.000000251. The van der Waals surface area contributed by atoms with Gasteiger partial charge in [-0.2, -0.15) is 0 Å². The van der Waals surface area contributed by atoms with E-state index in [1.54, 1.807) is 36.3 Å². The number of aromatic carboxylic acids is 1. The van der Waals surface area contributed by atoms with Gasteiger partial charge in [-0.25, -0.2) is 14.8 Å². The first-order valence-electron chi connectivity index (χ1n) is 7.91. The van der Waals surface area contributed by atoms with Crippen molar-refractivity contribution in [1.82, 2.24) is 9.97 Å². The molecule has 0 radical (unpaired) electrons. The van der Waals surface area contributed by atoms with Crippen LogP contribution in [0.1, 0.15) is 43.6 Å². The summed E-state index contributed by atoms with van der Waals surface area (Å²) in [5.74, 6) is -0.920. The molecule has 0 aromatic carbocycles. The monoisotopic (exact) mass is 380 g/mol. The molecule has 0 aliphatic carbocycles. The molecule has 0 aliphatic heterocycles. The maximum absolute atomic E-state index is 10.7. The van der Waals surface area contributed by atoms with Gasteiger partial charge >= 0.3 is 5.97 Å². The topological polar surface area (TPSA) is 83.3 Å². The van der Waals surface area contributed by atoms with Gasteiger partial charge in [0, 0.05) is 28.5 Å². The molecule has 2 aromatic heterocycles. The summed E-state index contributed by atoms with van der Waals surface area (Å²) in [7, 11) is 0. The molecular formula is C18H24N2O3S2. The lowest BCUT2D eigenvalue weighted by Gasteiger charge is -2.06. The predicted octanol–water partition coefficient (Wildman–Crippen LogP) is 4.35. The summed E-state index contributed by atoms with van der Waals surface area (Å²) in [4.78, 5) is 19.0. The predicted molar refractivity (Wildman–Crippen MR) is 103 cm³/mol. The zero-order valence-corrected chi connectivity index (χ0v) is 16.5. The van der Waals surface area contributed by atoms with Gasteiger partial charge in [0.25, 0.3) is 0 Å². The molecule has 136 valence electrons. The van der Waals surface area contributed by atoms with E-state index in [-0.39, 0.29) is 12.2 Å². The molecule has 25 heavy (non-hydrogen) atoms. The lowest BCUT2D eigenvalue weighted by molar-refractivity contribution is 0.0692. The molecule has 2 aromatic rings. The van der Waals surface area contributed by atoms with Gasteiger partial charge in [0.05, 0.1) is 12.2 Å². The van der Waals surface area contributed by atoms with E-state index in [0.29, 0.717) is 15.5 Å². The second-order valence-corrected chi connectivity index (χ2v) is 8.75. The molecule has 7 heteroatoms. The number of aliphatic hydroxyl groups excluding tert-OH is 1. The van der Waals surface area contributed by atoms with Crippen LogP contribution in [0.5, 0.6) is 0 Å². The van der Waals surface area contributed by atoms with Crippen molar-refractivity contribution in [3.05, 3.63) is 47.8 Å². The van der Waals surface area contributed by atoms with Crippen molar-refractivity contribution < 1.29 is 15.0 Å². The highest BCUT2D eigenvalue weighted by atomic mass is 32.2. The zero-order chi connectivity index (χ0) is 18.8. The second kappa shape index (κ2) is 11.1. The third kappa shape index (κ3) is 7.90. The molecule has 0 saturated carbocycles. The number of carboxylic acid groups (broad SMARTS) is 1. The first-order chi connectivity index (χ1) is 11.8. The summed E-state index contributed by atoms with van der Waals surface area (Å²) in [6.07, 6.45) is 3.36. The Kier molecular flexibility index (Phi) is 9.55. The number of rotatable bonds is 6. The quantitative estimate of drug-likeness (QED) is 0.721. The summed E-state index contributed by atoms with van der Waals surface area (Å²) < 4.78 is 0. The van der Waals surface area contributed by atoms with Crippen molar-refractivity contribution in [2.45, 2.75) is 54.9 Å². The number of hydrogen-bond acceptors (Lipinski definition) is 6. The zero-order valence-electron chi connectivity index (χ0n) is 14.8. The van der Waals surface area contributed by atoms with Gasteiger partial charge in [-0.15, -0.1) is 23.5 Å². The van der Waals surface area contributed by atoms with Crippen LogP contribution in [0.2, 0.25) is 0 Å². The standard InChI is InChI=1S/C9H11NO2S.C9H13NOS/c1-6(2)13-8-7(9(11)12)4-3-5-10-8;1-7(2)12-9-8(6-11)4-3-5-10-9/h3-6H,1-2H3,(H,11,12);3-5,7,11H,6H2,1-2H3. The van der Waals surface area contributed by atoms with E-state index in [4.69, 9.17) is 10.2 Å². The van der Waals surface area contributed by atoms with Crippen molar-refractivity contribution in [2.24, 2.45) is 0 Å². The van der Waals surface area contributed by atoms with Gasteiger partial charge in [-0.3, -0.25) is 0 Å². The smallest absolute Gasteiger partial charge is 0.338 e. The van der Waals surface area contributed by atoms with E-state index in [1.807, 2.05) is 26.0 Å². The summed E-state index contributed by atoms with van der Waals surface area (Å²) in [5, 5.41) is 20.2. The van der Waals surface area contributed by atoms with Crippen LogP contribution in [0.3, 0.4) is 0 Å². The number of thioether (sulfide) groups is 2. The fourth-order valence-corrected chi connectivity index (χ4v) is 3.45. The Labute approximate surface area is 157 Å². The molecule has 2 N–H and O–H groups in total. The van der Waals surface area contributed by atoms with Gasteiger partial charge in [-0.1, -0.05) is 33.8 Å². The van der Waals surface area contributed by atoms with Crippen molar-refractivity contribution in [2.75, 3.05) is 0 Å². The fourth-order valence-electron chi connectivity index (χ4n) is 1.74. The van der Waals surface area contributed by atoms with Gasteiger partial charge in [-0.05, 0) is 18.2 Å². The first-order valence-corrected chi connectivity index (χ1v) is 9.67. The Morgan fingerprint density at radius 2 is 1.52 bits per heavy atom. The van der Waals surface area contributed by atoms with Crippen molar-refractivity contribution in [1.29, 1.82) is 0 Å². The fraction of sp³-hybridized carbons (Fsp3) is 0.389. The summed E-state index contributed by atoms with van der Waals surface area (Å²) in [6.45, 7) is 8.31.